The minimum Gasteiger partial charge on any atom is -0.478 e. The molecular weight excluding hydrogens is 456 g/mol. The highest BCUT2D eigenvalue weighted by molar-refractivity contribution is 5.91. The van der Waals surface area contributed by atoms with Crippen LogP contribution in [0.3, 0.4) is 0 Å². The highest BCUT2D eigenvalue weighted by Gasteiger charge is 2.25. The smallest absolute Gasteiger partial charge is 0.336 e. The van der Waals surface area contributed by atoms with E-state index in [0.717, 1.165) is 36.9 Å². The van der Waals surface area contributed by atoms with Gasteiger partial charge in [-0.3, -0.25) is 0 Å². The number of carboxylic acid groups (broad SMARTS) is 1. The van der Waals surface area contributed by atoms with Gasteiger partial charge >= 0.3 is 12.0 Å². The fourth-order valence-electron chi connectivity index (χ4n) is 4.65. The second-order valence-corrected chi connectivity index (χ2v) is 10.8. The van der Waals surface area contributed by atoms with Crippen LogP contribution in [0.1, 0.15) is 67.9 Å². The molecule has 3 rings (SSSR count). The van der Waals surface area contributed by atoms with Crippen LogP contribution >= 0.6 is 0 Å². The second-order valence-electron chi connectivity index (χ2n) is 10.8. The molecule has 196 valence electrons. The molecule has 2 aromatic carbocycles. The normalized spacial score (nSPS) is 18.0. The number of amides is 2. The minimum absolute atomic E-state index is 0.0259. The number of benzene rings is 2. The first-order valence-electron chi connectivity index (χ1n) is 12.8. The summed E-state index contributed by atoms with van der Waals surface area (Å²) in [5, 5.41) is 12.5. The molecule has 0 aromatic heterocycles. The first-order valence-corrected chi connectivity index (χ1v) is 12.8. The van der Waals surface area contributed by atoms with Crippen molar-refractivity contribution in [2.24, 2.45) is 5.41 Å². The zero-order chi connectivity index (χ0) is 26.1. The number of nitrogens with one attached hydrogen (secondary N) is 1. The summed E-state index contributed by atoms with van der Waals surface area (Å²) in [6.45, 7) is 10.0. The maximum absolute atomic E-state index is 12.9. The third kappa shape index (κ3) is 8.64. The van der Waals surface area contributed by atoms with E-state index in [0.29, 0.717) is 30.8 Å². The summed E-state index contributed by atoms with van der Waals surface area (Å²) in [6.07, 6.45) is 3.75. The minimum atomic E-state index is -0.923. The lowest BCUT2D eigenvalue weighted by Crippen LogP contribution is -2.43. The topological polar surface area (TPSA) is 88.1 Å². The number of carbonyl (C=O) groups is 2. The lowest BCUT2D eigenvalue weighted by Gasteiger charge is -2.32. The number of aromatic carboxylic acids is 1. The maximum Gasteiger partial charge on any atom is 0.336 e. The molecule has 0 radical (unpaired) electrons. The molecule has 36 heavy (non-hydrogen) atoms. The molecule has 1 unspecified atom stereocenters. The number of aryl methyl sites for hydroxylation is 1. The molecule has 1 aliphatic carbocycles. The van der Waals surface area contributed by atoms with Gasteiger partial charge in [-0.2, -0.15) is 0 Å². The summed E-state index contributed by atoms with van der Waals surface area (Å²) in [4.78, 5) is 26.4. The van der Waals surface area contributed by atoms with E-state index in [1.807, 2.05) is 47.4 Å². The van der Waals surface area contributed by atoms with E-state index in [2.05, 4.69) is 26.1 Å². The van der Waals surface area contributed by atoms with Gasteiger partial charge < -0.3 is 24.8 Å². The fraction of sp³-hybridized carbons (Fsp3) is 0.517. The fourth-order valence-corrected chi connectivity index (χ4v) is 4.65. The predicted molar refractivity (Wildman–Crippen MR) is 141 cm³/mol. The molecular formula is C29H40N2O5. The molecule has 1 saturated carbocycles. The summed E-state index contributed by atoms with van der Waals surface area (Å²) in [6, 6.07) is 14.8. The first-order chi connectivity index (χ1) is 17.1. The van der Waals surface area contributed by atoms with Gasteiger partial charge in [0.1, 0.15) is 0 Å². The molecule has 2 atom stereocenters. The van der Waals surface area contributed by atoms with Gasteiger partial charge in [-0.15, -0.1) is 0 Å². The summed E-state index contributed by atoms with van der Waals surface area (Å²) < 4.78 is 12.3. The number of ether oxygens (including phenoxy) is 2. The molecule has 0 bridgehead atoms. The summed E-state index contributed by atoms with van der Waals surface area (Å²) in [7, 11) is 0. The number of nitrogens with zero attached hydrogens (tertiary/aromatic N) is 1. The SMILES string of the molecule is Cc1cccc(COC2CCC[C@H](OCCN(CC(C)(C)C)C(=O)Nc3ccccc3)C2)c1C(=O)O. The monoisotopic (exact) mass is 496 g/mol. The Morgan fingerprint density at radius 3 is 2.39 bits per heavy atom. The van der Waals surface area contributed by atoms with Crippen LogP contribution in [-0.4, -0.2) is 53.9 Å². The largest absolute Gasteiger partial charge is 0.478 e. The second kappa shape index (κ2) is 12.9. The molecule has 2 N–H and O–H groups in total. The standard InChI is InChI=1S/C29H40N2O5/c1-21-10-8-11-22(26(21)27(32)33)19-36-25-15-9-14-24(18-25)35-17-16-31(20-29(2,3)4)28(34)30-23-12-6-5-7-13-23/h5-8,10-13,24-25H,9,14-20H2,1-4H3,(H,30,34)(H,32,33)/t24-,25?/m0/s1. The van der Waals surface area contributed by atoms with Gasteiger partial charge in [-0.1, -0.05) is 57.2 Å². The Morgan fingerprint density at radius 1 is 1.03 bits per heavy atom. The third-order valence-corrected chi connectivity index (χ3v) is 6.32. The van der Waals surface area contributed by atoms with Crippen LogP contribution in [0.4, 0.5) is 10.5 Å². The molecule has 1 fully saturated rings. The predicted octanol–water partition coefficient (Wildman–Crippen LogP) is 6.12. The van der Waals surface area contributed by atoms with Crippen molar-refractivity contribution >= 4 is 17.7 Å². The van der Waals surface area contributed by atoms with Gasteiger partial charge in [-0.25, -0.2) is 9.59 Å². The lowest BCUT2D eigenvalue weighted by atomic mass is 9.94. The Hall–Kier alpha value is -2.90. The van der Waals surface area contributed by atoms with Crippen LogP contribution in [0.15, 0.2) is 48.5 Å². The van der Waals surface area contributed by atoms with Crippen molar-refractivity contribution in [3.8, 4) is 0 Å². The summed E-state index contributed by atoms with van der Waals surface area (Å²) in [5.41, 5.74) is 2.50. The number of carbonyl (C=O) groups excluding carboxylic acids is 1. The molecule has 0 aliphatic heterocycles. The molecule has 2 amide bonds. The van der Waals surface area contributed by atoms with Crippen molar-refractivity contribution < 1.29 is 24.2 Å². The van der Waals surface area contributed by atoms with Gasteiger partial charge in [0, 0.05) is 18.8 Å². The number of para-hydroxylation sites is 1. The zero-order valence-electron chi connectivity index (χ0n) is 22.0. The van der Waals surface area contributed by atoms with Crippen LogP contribution in [0, 0.1) is 12.3 Å². The Kier molecular flexibility index (Phi) is 9.90. The first kappa shape index (κ1) is 27.7. The maximum atomic E-state index is 12.9. The highest BCUT2D eigenvalue weighted by Crippen LogP contribution is 2.26. The highest BCUT2D eigenvalue weighted by atomic mass is 16.5. The van der Waals surface area contributed by atoms with Crippen molar-refractivity contribution in [3.63, 3.8) is 0 Å². The van der Waals surface area contributed by atoms with E-state index in [1.54, 1.807) is 13.0 Å². The molecule has 1 aliphatic rings. The average molecular weight is 497 g/mol. The number of hydrogen-bond donors (Lipinski definition) is 2. The van der Waals surface area contributed by atoms with Crippen molar-refractivity contribution in [3.05, 3.63) is 65.2 Å². The van der Waals surface area contributed by atoms with E-state index in [1.165, 1.54) is 0 Å². The van der Waals surface area contributed by atoms with Crippen LogP contribution in [0.5, 0.6) is 0 Å². The summed E-state index contributed by atoms with van der Waals surface area (Å²) in [5.74, 6) is -0.923. The zero-order valence-corrected chi connectivity index (χ0v) is 22.0. The number of urea groups is 1. The van der Waals surface area contributed by atoms with E-state index in [-0.39, 0.29) is 30.3 Å². The molecule has 7 nitrogen and oxygen atoms in total. The average Bonchev–Trinajstić information content (AvgIpc) is 2.82. The van der Waals surface area contributed by atoms with Gasteiger partial charge in [0.25, 0.3) is 0 Å². The molecule has 7 heteroatoms. The Balaban J connectivity index is 1.50. The van der Waals surface area contributed by atoms with Gasteiger partial charge in [-0.05, 0) is 61.3 Å². The molecule has 0 saturated heterocycles. The van der Waals surface area contributed by atoms with Gasteiger partial charge in [0.2, 0.25) is 0 Å². The quantitative estimate of drug-likeness (QED) is 0.414. The van der Waals surface area contributed by atoms with Crippen molar-refractivity contribution in [1.82, 2.24) is 4.90 Å². The van der Waals surface area contributed by atoms with Crippen LogP contribution < -0.4 is 5.32 Å². The van der Waals surface area contributed by atoms with E-state index < -0.39 is 5.97 Å². The third-order valence-electron chi connectivity index (χ3n) is 6.32. The lowest BCUT2D eigenvalue weighted by molar-refractivity contribution is -0.0528. The number of carboxylic acids is 1. The van der Waals surface area contributed by atoms with E-state index in [9.17, 15) is 14.7 Å². The summed E-state index contributed by atoms with van der Waals surface area (Å²) >= 11 is 0. The van der Waals surface area contributed by atoms with Gasteiger partial charge in [0.05, 0.1) is 31.0 Å². The Morgan fingerprint density at radius 2 is 1.72 bits per heavy atom. The van der Waals surface area contributed by atoms with Crippen LogP contribution in [-0.2, 0) is 16.1 Å². The van der Waals surface area contributed by atoms with Crippen molar-refractivity contribution in [2.75, 3.05) is 25.0 Å². The van der Waals surface area contributed by atoms with E-state index >= 15 is 0 Å². The number of hydrogen-bond acceptors (Lipinski definition) is 4. The van der Waals surface area contributed by atoms with Gasteiger partial charge in [0.15, 0.2) is 0 Å². The molecule has 2 aromatic rings. The molecule has 0 spiro atoms. The van der Waals surface area contributed by atoms with Crippen molar-refractivity contribution in [2.45, 2.75) is 72.2 Å². The van der Waals surface area contributed by atoms with Crippen LogP contribution in [0.25, 0.3) is 0 Å². The molecule has 0 heterocycles. The van der Waals surface area contributed by atoms with Crippen LogP contribution in [0.2, 0.25) is 0 Å². The Labute approximate surface area is 214 Å². The Bertz CT molecular complexity index is 1000. The van der Waals surface area contributed by atoms with E-state index in [4.69, 9.17) is 9.47 Å². The number of rotatable bonds is 10. The number of anilines is 1. The van der Waals surface area contributed by atoms with Crippen molar-refractivity contribution in [1.29, 1.82) is 0 Å².